The molecule has 0 N–H and O–H groups in total. The van der Waals surface area contributed by atoms with Crippen molar-refractivity contribution in [3.63, 3.8) is 0 Å². The minimum absolute atomic E-state index is 0.157. The van der Waals surface area contributed by atoms with Gasteiger partial charge in [-0.3, -0.25) is 0 Å². The third kappa shape index (κ3) is 8.10. The molecule has 4 nitrogen and oxygen atoms in total. The van der Waals surface area contributed by atoms with E-state index in [-0.39, 0.29) is 11.7 Å². The topological polar surface area (TPSA) is 44.8 Å². The first-order valence-corrected chi connectivity index (χ1v) is 16.2. The fourth-order valence-corrected chi connectivity index (χ4v) is 14.5. The molecule has 0 radical (unpaired) electrons. The predicted octanol–water partition coefficient (Wildman–Crippen LogP) is 3.74. The van der Waals surface area contributed by atoms with Gasteiger partial charge in [-0.25, -0.2) is 4.79 Å². The third-order valence-electron chi connectivity index (χ3n) is 2.95. The molecule has 0 spiro atoms. The normalized spacial score (nSPS) is 14.1. The highest BCUT2D eigenvalue weighted by molar-refractivity contribution is 6.85. The summed E-state index contributed by atoms with van der Waals surface area (Å²) in [5.41, 5.74) is 0.277. The van der Waals surface area contributed by atoms with Crippen molar-refractivity contribution in [3.8, 4) is 0 Å². The maximum absolute atomic E-state index is 11.8. The lowest BCUT2D eigenvalue weighted by Crippen LogP contribution is -2.56. The molecule has 0 aliphatic rings. The molecule has 0 aliphatic heterocycles. The Bertz CT molecular complexity index is 367. The van der Waals surface area contributed by atoms with E-state index in [0.717, 1.165) is 12.8 Å². The van der Waals surface area contributed by atoms with Crippen LogP contribution in [0.4, 0.5) is 0 Å². The summed E-state index contributed by atoms with van der Waals surface area (Å²) in [7, 11) is -5.49. The van der Waals surface area contributed by atoms with Gasteiger partial charge in [0, 0.05) is 5.57 Å². The van der Waals surface area contributed by atoms with Gasteiger partial charge in [-0.15, -0.1) is 0 Å². The van der Waals surface area contributed by atoms with Gasteiger partial charge in [-0.2, -0.15) is 0 Å². The van der Waals surface area contributed by atoms with E-state index in [2.05, 4.69) is 52.8 Å². The van der Waals surface area contributed by atoms with E-state index in [1.165, 1.54) is 0 Å². The first-order chi connectivity index (χ1) is 9.41. The van der Waals surface area contributed by atoms with Crippen LogP contribution in [0.2, 0.25) is 39.3 Å². The average Bonchev–Trinajstić information content (AvgIpc) is 2.24. The minimum Gasteiger partial charge on any atom is -0.460 e. The molecule has 1 atom stereocenters. The number of hydrogen-bond donors (Lipinski definition) is 0. The molecule has 7 heteroatoms. The first kappa shape index (κ1) is 20.8. The Kier molecular flexibility index (Phi) is 8.33. The molecule has 0 aromatic heterocycles. The number of carbonyl (C=O) groups is 1. The molecule has 124 valence electrons. The lowest BCUT2D eigenvalue weighted by atomic mass is 10.3. The molecule has 0 bridgehead atoms. The number of esters is 1. The van der Waals surface area contributed by atoms with E-state index < -0.39 is 25.9 Å². The molecule has 0 aromatic carbocycles. The van der Waals surface area contributed by atoms with Crippen LogP contribution in [-0.4, -0.2) is 37.6 Å². The number of rotatable bonds is 9. The largest absolute Gasteiger partial charge is 0.460 e. The Morgan fingerprint density at radius 1 is 1.24 bits per heavy atom. The molecule has 0 aromatic rings. The highest BCUT2D eigenvalue weighted by atomic mass is 28.5. The molecule has 0 saturated carbocycles. The van der Waals surface area contributed by atoms with E-state index >= 15 is 0 Å². The van der Waals surface area contributed by atoms with Crippen LogP contribution in [0.25, 0.3) is 0 Å². The Labute approximate surface area is 134 Å². The van der Waals surface area contributed by atoms with Crippen LogP contribution < -0.4 is 0 Å². The van der Waals surface area contributed by atoms with Gasteiger partial charge in [0.2, 0.25) is 8.32 Å². The van der Waals surface area contributed by atoms with Crippen LogP contribution in [0.3, 0.4) is 0 Å². The summed E-state index contributed by atoms with van der Waals surface area (Å²) >= 11 is 0. The van der Waals surface area contributed by atoms with Crippen LogP contribution in [0, 0.1) is 0 Å². The van der Waals surface area contributed by atoms with Gasteiger partial charge in [0.15, 0.2) is 9.04 Å². The van der Waals surface area contributed by atoms with Crippen molar-refractivity contribution in [2.24, 2.45) is 0 Å². The van der Waals surface area contributed by atoms with E-state index in [4.69, 9.17) is 13.0 Å². The van der Waals surface area contributed by atoms with Crippen molar-refractivity contribution in [1.29, 1.82) is 0 Å². The molecular formula is C14H32O4Si3. The van der Waals surface area contributed by atoms with Gasteiger partial charge in [-0.05, 0) is 52.6 Å². The lowest BCUT2D eigenvalue weighted by molar-refractivity contribution is -0.141. The molecule has 1 unspecified atom stereocenters. The summed E-state index contributed by atoms with van der Waals surface area (Å²) in [5, 5.41) is 0. The maximum atomic E-state index is 11.8. The zero-order valence-corrected chi connectivity index (χ0v) is 18.1. The summed E-state index contributed by atoms with van der Waals surface area (Å²) < 4.78 is 18.1. The average molecular weight is 349 g/mol. The molecule has 0 amide bonds. The number of ether oxygens (including phenoxy) is 1. The molecule has 0 heterocycles. The second kappa shape index (κ2) is 8.42. The van der Waals surface area contributed by atoms with Crippen LogP contribution >= 0.6 is 0 Å². The zero-order valence-electron chi connectivity index (χ0n) is 14.9. The van der Waals surface area contributed by atoms with E-state index in [0.29, 0.717) is 5.57 Å². The van der Waals surface area contributed by atoms with Crippen molar-refractivity contribution in [2.75, 3.05) is 0 Å². The smallest absolute Gasteiger partial charge is 0.333 e. The number of carbonyl (C=O) groups excluding carboxylic acids is 1. The van der Waals surface area contributed by atoms with Crippen LogP contribution in [0.5, 0.6) is 0 Å². The third-order valence-corrected chi connectivity index (χ3v) is 13.1. The van der Waals surface area contributed by atoms with E-state index in [1.807, 2.05) is 0 Å². The molecule has 0 rings (SSSR count). The highest BCUT2D eigenvalue weighted by Gasteiger charge is 2.42. The van der Waals surface area contributed by atoms with Crippen molar-refractivity contribution in [2.45, 2.75) is 71.7 Å². The van der Waals surface area contributed by atoms with Crippen LogP contribution in [-0.2, 0) is 17.8 Å². The highest BCUT2D eigenvalue weighted by Crippen LogP contribution is 2.24. The van der Waals surface area contributed by atoms with Gasteiger partial charge in [0.1, 0.15) is 5.73 Å². The standard InChI is InChI=1S/C14H32O4Si3/c1-10-11-13(16-14(15)12(2)3)20(6,7)18-21(8,9)17-19(4)5/h13,19H,2,10-11H2,1,3-9H3. The summed E-state index contributed by atoms with van der Waals surface area (Å²) in [6, 6.07) is 0. The molecule has 0 fully saturated rings. The van der Waals surface area contributed by atoms with Gasteiger partial charge in [0.05, 0.1) is 0 Å². The fraction of sp³-hybridized carbons (Fsp3) is 0.786. The summed E-state index contributed by atoms with van der Waals surface area (Å²) in [5.74, 6) is -0.323. The van der Waals surface area contributed by atoms with E-state index in [1.54, 1.807) is 6.92 Å². The molecular weight excluding hydrogens is 316 g/mol. The summed E-state index contributed by atoms with van der Waals surface area (Å²) in [6.07, 6.45) is 1.78. The van der Waals surface area contributed by atoms with Crippen molar-refractivity contribution >= 4 is 31.9 Å². The molecule has 21 heavy (non-hydrogen) atoms. The van der Waals surface area contributed by atoms with Crippen molar-refractivity contribution in [1.82, 2.24) is 0 Å². The van der Waals surface area contributed by atoms with Gasteiger partial charge >= 0.3 is 14.5 Å². The predicted molar refractivity (Wildman–Crippen MR) is 95.6 cm³/mol. The molecule has 0 saturated heterocycles. The van der Waals surface area contributed by atoms with Crippen molar-refractivity contribution < 1.29 is 17.8 Å². The number of hydrogen-bond acceptors (Lipinski definition) is 4. The Hall–Kier alpha value is -0.219. The first-order valence-electron chi connectivity index (χ1n) is 7.65. The molecule has 0 aliphatic carbocycles. The van der Waals surface area contributed by atoms with E-state index in [9.17, 15) is 4.79 Å². The van der Waals surface area contributed by atoms with Gasteiger partial charge < -0.3 is 13.0 Å². The minimum atomic E-state index is -2.19. The van der Waals surface area contributed by atoms with Crippen LogP contribution in [0.15, 0.2) is 12.2 Å². The second-order valence-corrected chi connectivity index (χ2v) is 17.2. The quantitative estimate of drug-likeness (QED) is 0.362. The van der Waals surface area contributed by atoms with Crippen LogP contribution in [0.1, 0.15) is 26.7 Å². The monoisotopic (exact) mass is 348 g/mol. The van der Waals surface area contributed by atoms with Gasteiger partial charge in [-0.1, -0.05) is 19.9 Å². The lowest BCUT2D eigenvalue weighted by Gasteiger charge is -2.38. The Morgan fingerprint density at radius 2 is 1.76 bits per heavy atom. The Balaban J connectivity index is 5.01. The van der Waals surface area contributed by atoms with Gasteiger partial charge in [0.25, 0.3) is 0 Å². The summed E-state index contributed by atoms with van der Waals surface area (Å²) in [4.78, 5) is 11.8. The fourth-order valence-electron chi connectivity index (χ4n) is 2.33. The summed E-state index contributed by atoms with van der Waals surface area (Å²) in [6.45, 7) is 20.1. The maximum Gasteiger partial charge on any atom is 0.333 e. The Morgan fingerprint density at radius 3 is 2.14 bits per heavy atom. The second-order valence-electron chi connectivity index (χ2n) is 6.73. The van der Waals surface area contributed by atoms with Crippen molar-refractivity contribution in [3.05, 3.63) is 12.2 Å². The zero-order chi connectivity index (χ0) is 16.8. The SMILES string of the molecule is C=C(C)C(=O)OC(CCC)[Si](C)(C)O[Si](C)(C)O[SiH](C)C.